The van der Waals surface area contributed by atoms with Crippen LogP contribution in [0.2, 0.25) is 0 Å². The number of hydrogen-bond donors (Lipinski definition) is 0. The average molecular weight is 298 g/mol. The lowest BCUT2D eigenvalue weighted by atomic mass is 10.2. The van der Waals surface area contributed by atoms with Crippen LogP contribution >= 0.6 is 15.9 Å². The molecule has 0 unspecified atom stereocenters. The third-order valence-corrected chi connectivity index (χ3v) is 3.19. The lowest BCUT2D eigenvalue weighted by Gasteiger charge is -1.95. The molecule has 0 aliphatic heterocycles. The van der Waals surface area contributed by atoms with E-state index in [1.165, 1.54) is 0 Å². The Morgan fingerprint density at radius 3 is 2.83 bits per heavy atom. The molecule has 0 N–H and O–H groups in total. The van der Waals surface area contributed by atoms with Crippen LogP contribution in [0, 0.1) is 11.3 Å². The Morgan fingerprint density at radius 2 is 2.06 bits per heavy atom. The maximum absolute atomic E-state index is 8.87. The van der Waals surface area contributed by atoms with Crippen LogP contribution in [0.4, 0.5) is 0 Å². The Balaban J connectivity index is 2.17. The minimum atomic E-state index is 0.626. The second-order valence-electron chi connectivity index (χ2n) is 3.93. The van der Waals surface area contributed by atoms with Gasteiger partial charge in [-0.3, -0.25) is 0 Å². The lowest BCUT2D eigenvalue weighted by Crippen LogP contribution is -1.83. The van der Waals surface area contributed by atoms with Crippen LogP contribution in [0.1, 0.15) is 5.56 Å². The zero-order chi connectivity index (χ0) is 12.5. The predicted octanol–water partition coefficient (Wildman–Crippen LogP) is 3.64. The average Bonchev–Trinajstić information content (AvgIpc) is 2.81. The van der Waals surface area contributed by atoms with Crippen LogP contribution in [-0.2, 0) is 0 Å². The summed E-state index contributed by atoms with van der Waals surface area (Å²) >= 11 is 3.45. The van der Waals surface area contributed by atoms with Gasteiger partial charge in [0.2, 0.25) is 0 Å². The van der Waals surface area contributed by atoms with E-state index in [9.17, 15) is 0 Å². The molecule has 0 radical (unpaired) electrons. The fourth-order valence-corrected chi connectivity index (χ4v) is 2.24. The van der Waals surface area contributed by atoms with E-state index in [1.807, 2.05) is 40.9 Å². The standard InChI is InChI=1S/C14H8BrN3/c15-12-3-1-2-11(6-12)13-9-18-8-10(7-16)4-5-14(18)17-13/h1-6,8-9H. The third-order valence-electron chi connectivity index (χ3n) is 2.70. The summed E-state index contributed by atoms with van der Waals surface area (Å²) in [6, 6.07) is 13.7. The number of aromatic nitrogens is 2. The summed E-state index contributed by atoms with van der Waals surface area (Å²) in [6.07, 6.45) is 3.71. The number of nitriles is 1. The first-order chi connectivity index (χ1) is 8.76. The Kier molecular flexibility index (Phi) is 2.62. The largest absolute Gasteiger partial charge is 0.305 e. The van der Waals surface area contributed by atoms with E-state index in [2.05, 4.69) is 27.0 Å². The maximum Gasteiger partial charge on any atom is 0.137 e. The van der Waals surface area contributed by atoms with Crippen molar-refractivity contribution in [2.75, 3.05) is 0 Å². The van der Waals surface area contributed by atoms with E-state index < -0.39 is 0 Å². The van der Waals surface area contributed by atoms with E-state index in [0.717, 1.165) is 21.4 Å². The molecule has 0 atom stereocenters. The van der Waals surface area contributed by atoms with E-state index in [0.29, 0.717) is 5.56 Å². The van der Waals surface area contributed by atoms with Crippen molar-refractivity contribution in [3.63, 3.8) is 0 Å². The smallest absolute Gasteiger partial charge is 0.137 e. The minimum absolute atomic E-state index is 0.626. The molecule has 1 aromatic carbocycles. The number of hydrogen-bond acceptors (Lipinski definition) is 2. The van der Waals surface area contributed by atoms with E-state index in [-0.39, 0.29) is 0 Å². The summed E-state index contributed by atoms with van der Waals surface area (Å²) in [4.78, 5) is 4.53. The van der Waals surface area contributed by atoms with Crippen molar-refractivity contribution >= 4 is 21.6 Å². The summed E-state index contributed by atoms with van der Waals surface area (Å²) in [5.41, 5.74) is 3.41. The summed E-state index contributed by atoms with van der Waals surface area (Å²) in [6.45, 7) is 0. The van der Waals surface area contributed by atoms with Gasteiger partial charge in [-0.15, -0.1) is 0 Å². The summed E-state index contributed by atoms with van der Waals surface area (Å²) in [5.74, 6) is 0. The van der Waals surface area contributed by atoms with Gasteiger partial charge >= 0.3 is 0 Å². The van der Waals surface area contributed by atoms with Gasteiger partial charge in [0.25, 0.3) is 0 Å². The van der Waals surface area contributed by atoms with Crippen molar-refractivity contribution < 1.29 is 0 Å². The number of pyridine rings is 1. The SMILES string of the molecule is N#Cc1ccc2nc(-c3cccc(Br)c3)cn2c1. The molecule has 0 fully saturated rings. The molecule has 0 aliphatic rings. The molecule has 4 heteroatoms. The second kappa shape index (κ2) is 4.28. The van der Waals surface area contributed by atoms with E-state index in [4.69, 9.17) is 5.26 Å². The van der Waals surface area contributed by atoms with Crippen molar-refractivity contribution in [3.8, 4) is 17.3 Å². The number of nitrogens with zero attached hydrogens (tertiary/aromatic N) is 3. The van der Waals surface area contributed by atoms with Gasteiger partial charge in [-0.2, -0.15) is 5.26 Å². The second-order valence-corrected chi connectivity index (χ2v) is 4.85. The van der Waals surface area contributed by atoms with Crippen LogP contribution in [-0.4, -0.2) is 9.38 Å². The fourth-order valence-electron chi connectivity index (χ4n) is 1.84. The van der Waals surface area contributed by atoms with Crippen molar-refractivity contribution in [2.45, 2.75) is 0 Å². The molecule has 3 nitrogen and oxygen atoms in total. The molecule has 86 valence electrons. The minimum Gasteiger partial charge on any atom is -0.305 e. The van der Waals surface area contributed by atoms with Gasteiger partial charge in [0.15, 0.2) is 0 Å². The molecule has 0 saturated carbocycles. The molecule has 0 saturated heterocycles. The van der Waals surface area contributed by atoms with Crippen LogP contribution in [0.15, 0.2) is 53.3 Å². The van der Waals surface area contributed by atoms with Gasteiger partial charge in [-0.05, 0) is 24.3 Å². The third kappa shape index (κ3) is 1.89. The Bertz CT molecular complexity index is 768. The highest BCUT2D eigenvalue weighted by molar-refractivity contribution is 9.10. The maximum atomic E-state index is 8.87. The van der Waals surface area contributed by atoms with Crippen molar-refractivity contribution in [1.29, 1.82) is 5.26 Å². The monoisotopic (exact) mass is 297 g/mol. The fraction of sp³-hybridized carbons (Fsp3) is 0. The highest BCUT2D eigenvalue weighted by atomic mass is 79.9. The van der Waals surface area contributed by atoms with Gasteiger partial charge in [0.1, 0.15) is 11.7 Å². The number of imidazole rings is 1. The highest BCUT2D eigenvalue weighted by Gasteiger charge is 2.05. The van der Waals surface area contributed by atoms with E-state index in [1.54, 1.807) is 12.3 Å². The molecule has 18 heavy (non-hydrogen) atoms. The summed E-state index contributed by atoms with van der Waals surface area (Å²) in [5, 5.41) is 8.87. The first-order valence-corrected chi connectivity index (χ1v) is 6.20. The van der Waals surface area contributed by atoms with Gasteiger partial charge in [0, 0.05) is 22.4 Å². The Labute approximate surface area is 112 Å². The number of rotatable bonds is 1. The van der Waals surface area contributed by atoms with Crippen LogP contribution < -0.4 is 0 Å². The normalized spacial score (nSPS) is 10.4. The lowest BCUT2D eigenvalue weighted by molar-refractivity contribution is 1.17. The molecule has 0 bridgehead atoms. The first kappa shape index (κ1) is 11.0. The summed E-state index contributed by atoms with van der Waals surface area (Å²) in [7, 11) is 0. The number of fused-ring (bicyclic) bond motifs is 1. The quantitative estimate of drug-likeness (QED) is 0.688. The Morgan fingerprint density at radius 1 is 1.17 bits per heavy atom. The highest BCUT2D eigenvalue weighted by Crippen LogP contribution is 2.22. The van der Waals surface area contributed by atoms with Crippen LogP contribution in [0.5, 0.6) is 0 Å². The Hall–Kier alpha value is -2.12. The molecule has 0 spiro atoms. The molecule has 0 aliphatic carbocycles. The molecule has 2 aromatic heterocycles. The molecule has 0 amide bonds. The molecule has 3 aromatic rings. The van der Waals surface area contributed by atoms with Crippen LogP contribution in [0.3, 0.4) is 0 Å². The van der Waals surface area contributed by atoms with Crippen molar-refractivity contribution in [1.82, 2.24) is 9.38 Å². The molecule has 2 heterocycles. The van der Waals surface area contributed by atoms with Crippen molar-refractivity contribution in [2.24, 2.45) is 0 Å². The zero-order valence-corrected chi connectivity index (χ0v) is 10.9. The first-order valence-electron chi connectivity index (χ1n) is 5.41. The zero-order valence-electron chi connectivity index (χ0n) is 9.34. The predicted molar refractivity (Wildman–Crippen MR) is 73.0 cm³/mol. The summed E-state index contributed by atoms with van der Waals surface area (Å²) < 4.78 is 2.89. The number of halogens is 1. The molecular formula is C14H8BrN3. The van der Waals surface area contributed by atoms with Crippen molar-refractivity contribution in [3.05, 3.63) is 58.8 Å². The van der Waals surface area contributed by atoms with Gasteiger partial charge in [-0.1, -0.05) is 28.1 Å². The topological polar surface area (TPSA) is 41.1 Å². The number of benzene rings is 1. The van der Waals surface area contributed by atoms with Gasteiger partial charge in [-0.25, -0.2) is 4.98 Å². The molecule has 3 rings (SSSR count). The van der Waals surface area contributed by atoms with Gasteiger partial charge in [0.05, 0.1) is 11.3 Å². The van der Waals surface area contributed by atoms with E-state index >= 15 is 0 Å². The van der Waals surface area contributed by atoms with Gasteiger partial charge < -0.3 is 4.40 Å². The molecular weight excluding hydrogens is 290 g/mol. The van der Waals surface area contributed by atoms with Crippen LogP contribution in [0.25, 0.3) is 16.9 Å².